The third-order valence-corrected chi connectivity index (χ3v) is 2.84. The molecule has 20 heavy (non-hydrogen) atoms. The number of anilines is 1. The number of hydrogen-bond donors (Lipinski definition) is 1. The van der Waals surface area contributed by atoms with Gasteiger partial charge in [0.15, 0.2) is 0 Å². The molecule has 2 heterocycles. The monoisotopic (exact) mass is 272 g/mol. The zero-order chi connectivity index (χ0) is 14.7. The van der Waals surface area contributed by atoms with E-state index in [-0.39, 0.29) is 11.5 Å². The summed E-state index contributed by atoms with van der Waals surface area (Å²) >= 11 is 0. The quantitative estimate of drug-likeness (QED) is 0.917. The van der Waals surface area contributed by atoms with E-state index in [0.717, 1.165) is 5.69 Å². The first-order chi connectivity index (χ1) is 9.47. The van der Waals surface area contributed by atoms with Gasteiger partial charge in [-0.25, -0.2) is 9.67 Å². The normalized spacial score (nSPS) is 11.9. The molecule has 1 N–H and O–H groups in total. The van der Waals surface area contributed by atoms with Crippen LogP contribution in [0.15, 0.2) is 35.1 Å². The Morgan fingerprint density at radius 1 is 1.20 bits per heavy atom. The number of carbonyl (C=O) groups excluding carboxylic acids is 1. The summed E-state index contributed by atoms with van der Waals surface area (Å²) in [4.78, 5) is 28.1. The highest BCUT2D eigenvalue weighted by Gasteiger charge is 2.17. The van der Waals surface area contributed by atoms with Gasteiger partial charge >= 0.3 is 0 Å². The predicted octanol–water partition coefficient (Wildman–Crippen LogP) is 1.45. The lowest BCUT2D eigenvalue weighted by molar-refractivity contribution is -0.119. The van der Waals surface area contributed by atoms with Crippen LogP contribution < -0.4 is 10.9 Å². The van der Waals surface area contributed by atoms with Crippen molar-refractivity contribution in [3.05, 3.63) is 52.1 Å². The molecule has 0 aliphatic carbocycles. The molecule has 2 aromatic rings. The molecule has 6 heteroatoms. The lowest BCUT2D eigenvalue weighted by Crippen LogP contribution is -2.33. The van der Waals surface area contributed by atoms with Gasteiger partial charge in [0, 0.05) is 11.8 Å². The van der Waals surface area contributed by atoms with Crippen LogP contribution in [0, 0.1) is 13.8 Å². The fourth-order valence-corrected chi connectivity index (χ4v) is 1.75. The predicted molar refractivity (Wildman–Crippen MR) is 75.5 cm³/mol. The maximum atomic E-state index is 12.1. The molecule has 0 saturated heterocycles. The molecule has 0 aromatic carbocycles. The number of nitrogens with zero attached hydrogens (tertiary/aromatic N) is 3. The molecule has 104 valence electrons. The highest BCUT2D eigenvalue weighted by molar-refractivity contribution is 5.92. The Morgan fingerprint density at radius 3 is 2.65 bits per heavy atom. The van der Waals surface area contributed by atoms with Gasteiger partial charge in [-0.3, -0.25) is 9.59 Å². The summed E-state index contributed by atoms with van der Waals surface area (Å²) in [5.41, 5.74) is 1.18. The van der Waals surface area contributed by atoms with Crippen molar-refractivity contribution in [3.8, 4) is 0 Å². The second-order valence-electron chi connectivity index (χ2n) is 4.59. The Morgan fingerprint density at radius 2 is 1.95 bits per heavy atom. The molecule has 0 aliphatic rings. The fourth-order valence-electron chi connectivity index (χ4n) is 1.75. The van der Waals surface area contributed by atoms with Gasteiger partial charge in [0.1, 0.15) is 11.9 Å². The number of aromatic nitrogens is 3. The summed E-state index contributed by atoms with van der Waals surface area (Å²) in [5, 5.41) is 6.75. The minimum atomic E-state index is -0.704. The third kappa shape index (κ3) is 3.09. The summed E-state index contributed by atoms with van der Waals surface area (Å²) in [5.74, 6) is 0.130. The fraction of sp³-hybridized carbons (Fsp3) is 0.286. The zero-order valence-electron chi connectivity index (χ0n) is 11.6. The number of hydrogen-bond acceptors (Lipinski definition) is 4. The Balaban J connectivity index is 2.20. The van der Waals surface area contributed by atoms with Gasteiger partial charge in [-0.2, -0.15) is 5.10 Å². The molecule has 0 bridgehead atoms. The molecule has 2 rings (SSSR count). The van der Waals surface area contributed by atoms with Crippen LogP contribution in [0.4, 0.5) is 5.82 Å². The van der Waals surface area contributed by atoms with E-state index in [1.807, 2.05) is 13.0 Å². The molecule has 0 saturated carbocycles. The highest BCUT2D eigenvalue weighted by Crippen LogP contribution is 2.08. The number of pyridine rings is 1. The van der Waals surface area contributed by atoms with Crippen molar-refractivity contribution in [2.24, 2.45) is 0 Å². The molecule has 0 unspecified atom stereocenters. The van der Waals surface area contributed by atoms with Crippen LogP contribution in [0.1, 0.15) is 24.4 Å². The number of aryl methyl sites for hydroxylation is 2. The van der Waals surface area contributed by atoms with Crippen molar-refractivity contribution in [1.82, 2.24) is 14.8 Å². The van der Waals surface area contributed by atoms with E-state index in [9.17, 15) is 9.59 Å². The van der Waals surface area contributed by atoms with E-state index < -0.39 is 6.04 Å². The maximum absolute atomic E-state index is 12.1. The summed E-state index contributed by atoms with van der Waals surface area (Å²) < 4.78 is 1.17. The van der Waals surface area contributed by atoms with Crippen molar-refractivity contribution in [2.75, 3.05) is 5.32 Å². The Kier molecular flexibility index (Phi) is 3.93. The Hall–Kier alpha value is -2.50. The van der Waals surface area contributed by atoms with Crippen LogP contribution in [0.5, 0.6) is 0 Å². The van der Waals surface area contributed by atoms with Gasteiger partial charge in [0.2, 0.25) is 5.91 Å². The Labute approximate surface area is 116 Å². The maximum Gasteiger partial charge on any atom is 0.267 e. The second-order valence-corrected chi connectivity index (χ2v) is 4.59. The van der Waals surface area contributed by atoms with Gasteiger partial charge in [-0.05, 0) is 39.0 Å². The van der Waals surface area contributed by atoms with Crippen LogP contribution in [0.25, 0.3) is 0 Å². The largest absolute Gasteiger partial charge is 0.309 e. The molecular formula is C14H16N4O2. The van der Waals surface area contributed by atoms with E-state index in [4.69, 9.17) is 0 Å². The molecule has 1 atom stereocenters. The first-order valence-corrected chi connectivity index (χ1v) is 6.28. The van der Waals surface area contributed by atoms with Crippen LogP contribution in [-0.2, 0) is 4.79 Å². The van der Waals surface area contributed by atoms with E-state index in [1.165, 1.54) is 10.7 Å². The summed E-state index contributed by atoms with van der Waals surface area (Å²) in [6, 6.07) is 7.66. The van der Waals surface area contributed by atoms with Crippen molar-refractivity contribution >= 4 is 11.7 Å². The smallest absolute Gasteiger partial charge is 0.267 e. The molecule has 0 spiro atoms. The number of nitrogens with one attached hydrogen (secondary N) is 1. The summed E-state index contributed by atoms with van der Waals surface area (Å²) in [6.07, 6.45) is 0. The lowest BCUT2D eigenvalue weighted by Gasteiger charge is -2.14. The lowest BCUT2D eigenvalue weighted by atomic mass is 10.3. The second kappa shape index (κ2) is 5.64. The molecular weight excluding hydrogens is 256 g/mol. The zero-order valence-corrected chi connectivity index (χ0v) is 11.6. The summed E-state index contributed by atoms with van der Waals surface area (Å²) in [6.45, 7) is 5.23. The third-order valence-electron chi connectivity index (χ3n) is 2.84. The first-order valence-electron chi connectivity index (χ1n) is 6.28. The van der Waals surface area contributed by atoms with Gasteiger partial charge in [0.05, 0.1) is 5.69 Å². The SMILES string of the molecule is Cc1cccc(NC(=O)[C@@H](C)n2nc(C)ccc2=O)n1. The van der Waals surface area contributed by atoms with Crippen LogP contribution in [0.3, 0.4) is 0 Å². The topological polar surface area (TPSA) is 76.9 Å². The van der Waals surface area contributed by atoms with Crippen LogP contribution in [0.2, 0.25) is 0 Å². The van der Waals surface area contributed by atoms with E-state index in [0.29, 0.717) is 11.5 Å². The van der Waals surface area contributed by atoms with Gasteiger partial charge < -0.3 is 5.32 Å². The molecule has 0 aliphatic heterocycles. The molecule has 0 radical (unpaired) electrons. The Bertz CT molecular complexity index is 694. The average molecular weight is 272 g/mol. The van der Waals surface area contributed by atoms with E-state index >= 15 is 0 Å². The van der Waals surface area contributed by atoms with Crippen LogP contribution in [-0.4, -0.2) is 20.7 Å². The van der Waals surface area contributed by atoms with Crippen molar-refractivity contribution in [1.29, 1.82) is 0 Å². The first kappa shape index (κ1) is 13.9. The summed E-state index contributed by atoms with van der Waals surface area (Å²) in [7, 11) is 0. The van der Waals surface area contributed by atoms with Gasteiger partial charge in [0.25, 0.3) is 5.56 Å². The van der Waals surface area contributed by atoms with Crippen LogP contribution >= 0.6 is 0 Å². The number of carbonyl (C=O) groups is 1. The average Bonchev–Trinajstić information content (AvgIpc) is 2.40. The molecule has 2 aromatic heterocycles. The minimum Gasteiger partial charge on any atom is -0.309 e. The number of rotatable bonds is 3. The van der Waals surface area contributed by atoms with E-state index in [2.05, 4.69) is 15.4 Å². The van der Waals surface area contributed by atoms with Gasteiger partial charge in [-0.1, -0.05) is 6.07 Å². The van der Waals surface area contributed by atoms with Crippen molar-refractivity contribution in [2.45, 2.75) is 26.8 Å². The minimum absolute atomic E-state index is 0.310. The molecule has 0 fully saturated rings. The van der Waals surface area contributed by atoms with Crippen molar-refractivity contribution < 1.29 is 4.79 Å². The highest BCUT2D eigenvalue weighted by atomic mass is 16.2. The van der Waals surface area contributed by atoms with E-state index in [1.54, 1.807) is 32.0 Å². The van der Waals surface area contributed by atoms with Gasteiger partial charge in [-0.15, -0.1) is 0 Å². The standard InChI is InChI=1S/C14H16N4O2/c1-9-5-4-6-12(15-9)16-14(20)11(3)18-13(19)8-7-10(2)17-18/h4-8,11H,1-3H3,(H,15,16,20)/t11-/m1/s1. The molecule has 6 nitrogen and oxygen atoms in total. The molecule has 1 amide bonds. The number of amides is 1. The van der Waals surface area contributed by atoms with Crippen molar-refractivity contribution in [3.63, 3.8) is 0 Å².